The van der Waals surface area contributed by atoms with Gasteiger partial charge in [0, 0.05) is 28.1 Å². The van der Waals surface area contributed by atoms with E-state index in [1.165, 1.54) is 13.3 Å². The lowest BCUT2D eigenvalue weighted by atomic mass is 10.1. The molecule has 2 heterocycles. The molecule has 6 nitrogen and oxygen atoms in total. The van der Waals surface area contributed by atoms with Crippen molar-refractivity contribution >= 4 is 21.7 Å². The molecule has 5 aromatic rings. The zero-order valence-corrected chi connectivity index (χ0v) is 21.7. The van der Waals surface area contributed by atoms with Gasteiger partial charge >= 0.3 is 0 Å². The summed E-state index contributed by atoms with van der Waals surface area (Å²) in [5.41, 5.74) is 2.60. The molecule has 0 N–H and O–H groups in total. The molecule has 0 aliphatic heterocycles. The number of hydrogen-bond acceptors (Lipinski definition) is 5. The summed E-state index contributed by atoms with van der Waals surface area (Å²) in [6.07, 6.45) is 4.61. The maximum absolute atomic E-state index is 14.0. The number of carbonyl (C=O) groups excluding carboxylic acids is 1. The van der Waals surface area contributed by atoms with E-state index in [-0.39, 0.29) is 5.78 Å². The molecule has 8 heteroatoms. The first-order chi connectivity index (χ1) is 18.0. The highest BCUT2D eigenvalue weighted by Gasteiger charge is 2.17. The van der Waals surface area contributed by atoms with Crippen molar-refractivity contribution in [2.75, 3.05) is 14.2 Å². The van der Waals surface area contributed by atoms with Crippen molar-refractivity contribution in [1.29, 1.82) is 0 Å². The number of para-hydroxylation sites is 1. The maximum Gasteiger partial charge on any atom is 0.220 e. The Bertz CT molecular complexity index is 1520. The molecule has 0 saturated heterocycles. The van der Waals surface area contributed by atoms with Crippen LogP contribution in [0.4, 0.5) is 4.39 Å². The number of nitrogens with zero attached hydrogens (tertiary/aromatic N) is 3. The number of ether oxygens (including phenoxy) is 2. The minimum Gasteiger partial charge on any atom is -0.497 e. The maximum atomic E-state index is 14.0. The van der Waals surface area contributed by atoms with Crippen molar-refractivity contribution in [3.05, 3.63) is 125 Å². The van der Waals surface area contributed by atoms with Crippen molar-refractivity contribution < 1.29 is 18.7 Å². The molecule has 5 rings (SSSR count). The first kappa shape index (κ1) is 25.8. The molecular formula is C29H23BrFN3O3. The second-order valence-electron chi connectivity index (χ2n) is 7.75. The van der Waals surface area contributed by atoms with Crippen LogP contribution in [0.5, 0.6) is 11.5 Å². The van der Waals surface area contributed by atoms with Gasteiger partial charge in [-0.25, -0.2) is 9.97 Å². The van der Waals surface area contributed by atoms with Gasteiger partial charge in [-0.3, -0.25) is 4.79 Å². The molecule has 0 aliphatic carbocycles. The van der Waals surface area contributed by atoms with E-state index in [0.717, 1.165) is 15.9 Å². The van der Waals surface area contributed by atoms with Crippen molar-refractivity contribution in [2.24, 2.45) is 0 Å². The van der Waals surface area contributed by atoms with E-state index in [1.54, 1.807) is 66.7 Å². The number of carbonyl (C=O) groups is 1. The highest BCUT2D eigenvalue weighted by atomic mass is 79.9. The molecule has 2 aromatic heterocycles. The van der Waals surface area contributed by atoms with Crippen LogP contribution in [0.3, 0.4) is 0 Å². The summed E-state index contributed by atoms with van der Waals surface area (Å²) < 4.78 is 27.0. The van der Waals surface area contributed by atoms with Gasteiger partial charge in [-0.15, -0.1) is 0 Å². The van der Waals surface area contributed by atoms with Crippen molar-refractivity contribution in [3.63, 3.8) is 0 Å². The number of halogens is 2. The summed E-state index contributed by atoms with van der Waals surface area (Å²) in [6, 6.07) is 25.4. The third kappa shape index (κ3) is 6.29. The molecule has 0 unspecified atom stereocenters. The van der Waals surface area contributed by atoms with Crippen molar-refractivity contribution in [2.45, 2.75) is 0 Å². The van der Waals surface area contributed by atoms with Crippen LogP contribution in [0.1, 0.15) is 16.1 Å². The molecule has 0 atom stereocenters. The summed E-state index contributed by atoms with van der Waals surface area (Å²) >= 11 is 3.32. The second kappa shape index (κ2) is 12.1. The molecule has 186 valence electrons. The SMILES string of the molecule is COc1cccc(Br)c1.COc1ccccc1C(=O)c1cn(-c2cccc(-c3cccnc3F)c2)cn1. The smallest absolute Gasteiger partial charge is 0.220 e. The Labute approximate surface area is 222 Å². The van der Waals surface area contributed by atoms with Gasteiger partial charge < -0.3 is 14.0 Å². The van der Waals surface area contributed by atoms with Crippen LogP contribution < -0.4 is 9.47 Å². The van der Waals surface area contributed by atoms with Crippen LogP contribution in [-0.4, -0.2) is 34.5 Å². The van der Waals surface area contributed by atoms with E-state index in [2.05, 4.69) is 25.9 Å². The van der Waals surface area contributed by atoms with E-state index in [1.807, 2.05) is 42.5 Å². The predicted octanol–water partition coefficient (Wildman–Crippen LogP) is 6.77. The van der Waals surface area contributed by atoms with E-state index in [9.17, 15) is 9.18 Å². The Balaban J connectivity index is 0.000000301. The van der Waals surface area contributed by atoms with Gasteiger partial charge in [0.15, 0.2) is 0 Å². The minimum absolute atomic E-state index is 0.231. The molecule has 0 fully saturated rings. The van der Waals surface area contributed by atoms with Crippen LogP contribution in [0.2, 0.25) is 0 Å². The van der Waals surface area contributed by atoms with Crippen LogP contribution in [-0.2, 0) is 0 Å². The predicted molar refractivity (Wildman–Crippen MR) is 144 cm³/mol. The Morgan fingerprint density at radius 3 is 2.43 bits per heavy atom. The fraction of sp³-hybridized carbons (Fsp3) is 0.0690. The molecule has 3 aromatic carbocycles. The Morgan fingerprint density at radius 2 is 1.70 bits per heavy atom. The fourth-order valence-corrected chi connectivity index (χ4v) is 3.96. The van der Waals surface area contributed by atoms with Crippen LogP contribution in [0.15, 0.2) is 108 Å². The number of ketones is 1. The van der Waals surface area contributed by atoms with Gasteiger partial charge in [-0.05, 0) is 60.2 Å². The highest BCUT2D eigenvalue weighted by molar-refractivity contribution is 9.10. The normalized spacial score (nSPS) is 10.3. The van der Waals surface area contributed by atoms with E-state index >= 15 is 0 Å². The van der Waals surface area contributed by atoms with Crippen LogP contribution in [0.25, 0.3) is 16.8 Å². The first-order valence-corrected chi connectivity index (χ1v) is 12.0. The van der Waals surface area contributed by atoms with E-state index in [0.29, 0.717) is 28.1 Å². The number of hydrogen-bond donors (Lipinski definition) is 0. The fourth-order valence-electron chi connectivity index (χ4n) is 3.58. The number of imidazole rings is 1. The minimum atomic E-state index is -0.530. The van der Waals surface area contributed by atoms with Gasteiger partial charge in [-0.2, -0.15) is 4.39 Å². The molecule has 0 radical (unpaired) electrons. The molecule has 0 spiro atoms. The zero-order valence-electron chi connectivity index (χ0n) is 20.1. The molecule has 0 aliphatic rings. The Hall–Kier alpha value is -4.30. The third-order valence-electron chi connectivity index (χ3n) is 5.41. The molecule has 37 heavy (non-hydrogen) atoms. The molecule has 0 amide bonds. The topological polar surface area (TPSA) is 66.2 Å². The average Bonchev–Trinajstić information content (AvgIpc) is 3.44. The lowest BCUT2D eigenvalue weighted by molar-refractivity contribution is 0.103. The summed E-state index contributed by atoms with van der Waals surface area (Å²) in [5, 5.41) is 0. The quantitative estimate of drug-likeness (QED) is 0.169. The summed E-state index contributed by atoms with van der Waals surface area (Å²) in [6.45, 7) is 0. The Morgan fingerprint density at radius 1 is 0.892 bits per heavy atom. The Kier molecular flexibility index (Phi) is 8.43. The van der Waals surface area contributed by atoms with Gasteiger partial charge in [0.2, 0.25) is 11.7 Å². The molecule has 0 saturated carbocycles. The number of pyridine rings is 1. The lowest BCUT2D eigenvalue weighted by Crippen LogP contribution is -2.04. The van der Waals surface area contributed by atoms with Gasteiger partial charge in [0.1, 0.15) is 23.5 Å². The number of aromatic nitrogens is 3. The molecule has 0 bridgehead atoms. The largest absolute Gasteiger partial charge is 0.497 e. The van der Waals surface area contributed by atoms with E-state index in [4.69, 9.17) is 9.47 Å². The second-order valence-corrected chi connectivity index (χ2v) is 8.66. The standard InChI is InChI=1S/C22H16FN3O2.C7H7BrO/c1-28-20-10-3-2-8-18(20)21(27)19-13-26(14-25-19)16-7-4-6-15(12-16)17-9-5-11-24-22(17)23;1-9-7-4-2-3-6(8)5-7/h2-14H,1H3;2-5H,1H3. The van der Waals surface area contributed by atoms with Gasteiger partial charge in [0.05, 0.1) is 19.8 Å². The number of rotatable bonds is 6. The summed E-state index contributed by atoms with van der Waals surface area (Å²) in [5.74, 6) is 0.614. The van der Waals surface area contributed by atoms with Crippen molar-refractivity contribution in [3.8, 4) is 28.3 Å². The van der Waals surface area contributed by atoms with Gasteiger partial charge in [-0.1, -0.05) is 46.3 Å². The summed E-state index contributed by atoms with van der Waals surface area (Å²) in [7, 11) is 3.18. The highest BCUT2D eigenvalue weighted by Crippen LogP contribution is 2.25. The number of benzene rings is 3. The average molecular weight is 560 g/mol. The number of methoxy groups -OCH3 is 2. The zero-order chi connectivity index (χ0) is 26.2. The van der Waals surface area contributed by atoms with E-state index < -0.39 is 5.95 Å². The first-order valence-electron chi connectivity index (χ1n) is 11.2. The summed E-state index contributed by atoms with van der Waals surface area (Å²) in [4.78, 5) is 20.7. The van der Waals surface area contributed by atoms with Crippen molar-refractivity contribution in [1.82, 2.24) is 14.5 Å². The van der Waals surface area contributed by atoms with Crippen LogP contribution in [0, 0.1) is 5.95 Å². The third-order valence-corrected chi connectivity index (χ3v) is 5.91. The molecular weight excluding hydrogens is 537 g/mol. The lowest BCUT2D eigenvalue weighted by Gasteiger charge is -2.07. The van der Waals surface area contributed by atoms with Crippen LogP contribution >= 0.6 is 15.9 Å². The monoisotopic (exact) mass is 559 g/mol. The van der Waals surface area contributed by atoms with Gasteiger partial charge in [0.25, 0.3) is 0 Å².